The van der Waals surface area contributed by atoms with Crippen LogP contribution in [0.25, 0.3) is 0 Å². The molecule has 2 aromatic rings. The van der Waals surface area contributed by atoms with E-state index in [4.69, 9.17) is 0 Å². The lowest BCUT2D eigenvalue weighted by molar-refractivity contribution is 0.460. The first-order valence-electron chi connectivity index (χ1n) is 8.01. The molecule has 1 aliphatic carbocycles. The van der Waals surface area contributed by atoms with Crippen LogP contribution in [0.2, 0.25) is 0 Å². The summed E-state index contributed by atoms with van der Waals surface area (Å²) in [6, 6.07) is 13.0. The number of benzene rings is 1. The zero-order chi connectivity index (χ0) is 13.8. The van der Waals surface area contributed by atoms with E-state index in [0.717, 1.165) is 12.5 Å². The highest BCUT2D eigenvalue weighted by atomic mass is 14.9. The van der Waals surface area contributed by atoms with Crippen molar-refractivity contribution >= 4 is 0 Å². The van der Waals surface area contributed by atoms with Crippen LogP contribution in [-0.4, -0.2) is 4.57 Å². The molecule has 0 aliphatic heterocycles. The summed E-state index contributed by atoms with van der Waals surface area (Å²) in [5.74, 6) is 1.68. The Morgan fingerprint density at radius 2 is 1.85 bits per heavy atom. The molecule has 1 saturated carbocycles. The maximum atomic E-state index is 2.39. The lowest BCUT2D eigenvalue weighted by Crippen LogP contribution is -2.01. The van der Waals surface area contributed by atoms with Crippen molar-refractivity contribution < 1.29 is 0 Å². The summed E-state index contributed by atoms with van der Waals surface area (Å²) in [6.45, 7) is 3.37. The predicted octanol–water partition coefficient (Wildman–Crippen LogP) is 5.22. The molecule has 1 nitrogen and oxygen atoms in total. The van der Waals surface area contributed by atoms with E-state index < -0.39 is 0 Å². The van der Waals surface area contributed by atoms with E-state index in [2.05, 4.69) is 60.3 Å². The summed E-state index contributed by atoms with van der Waals surface area (Å²) in [6.07, 6.45) is 11.7. The minimum atomic E-state index is 0.704. The van der Waals surface area contributed by atoms with Crippen LogP contribution in [-0.2, 0) is 6.54 Å². The van der Waals surface area contributed by atoms with Gasteiger partial charge in [0, 0.05) is 18.9 Å². The van der Waals surface area contributed by atoms with Crippen molar-refractivity contribution in [2.75, 3.05) is 0 Å². The molecule has 1 heteroatoms. The standard InChI is InChI=1S/C19H25N/c1-16(13-17-7-5-6-8-17)19-11-12-20(15-19)14-18-9-3-2-4-10-18/h2-4,9-12,15-17H,5-8,13-14H2,1H3. The zero-order valence-corrected chi connectivity index (χ0v) is 12.5. The fourth-order valence-electron chi connectivity index (χ4n) is 3.53. The molecule has 1 heterocycles. The minimum Gasteiger partial charge on any atom is -0.350 e. The van der Waals surface area contributed by atoms with Gasteiger partial charge in [0.25, 0.3) is 0 Å². The van der Waals surface area contributed by atoms with E-state index >= 15 is 0 Å². The van der Waals surface area contributed by atoms with E-state index in [-0.39, 0.29) is 0 Å². The molecule has 1 fully saturated rings. The van der Waals surface area contributed by atoms with Gasteiger partial charge < -0.3 is 4.57 Å². The van der Waals surface area contributed by atoms with Gasteiger partial charge in [-0.2, -0.15) is 0 Å². The Hall–Kier alpha value is -1.50. The van der Waals surface area contributed by atoms with Crippen molar-refractivity contribution in [1.82, 2.24) is 4.57 Å². The Morgan fingerprint density at radius 1 is 1.10 bits per heavy atom. The number of hydrogen-bond acceptors (Lipinski definition) is 0. The zero-order valence-electron chi connectivity index (χ0n) is 12.5. The lowest BCUT2D eigenvalue weighted by atomic mass is 9.91. The van der Waals surface area contributed by atoms with Gasteiger partial charge in [0.2, 0.25) is 0 Å². The topological polar surface area (TPSA) is 4.93 Å². The number of nitrogens with zero attached hydrogens (tertiary/aromatic N) is 1. The molecule has 0 N–H and O–H groups in total. The highest BCUT2D eigenvalue weighted by Gasteiger charge is 2.19. The number of hydrogen-bond donors (Lipinski definition) is 0. The average molecular weight is 267 g/mol. The van der Waals surface area contributed by atoms with Crippen molar-refractivity contribution in [2.24, 2.45) is 5.92 Å². The van der Waals surface area contributed by atoms with E-state index in [0.29, 0.717) is 5.92 Å². The average Bonchev–Trinajstić information content (AvgIpc) is 3.11. The van der Waals surface area contributed by atoms with Crippen molar-refractivity contribution in [3.63, 3.8) is 0 Å². The van der Waals surface area contributed by atoms with Gasteiger partial charge in [0.1, 0.15) is 0 Å². The van der Waals surface area contributed by atoms with E-state index in [1.807, 2.05) is 0 Å². The third kappa shape index (κ3) is 3.33. The van der Waals surface area contributed by atoms with Crippen LogP contribution in [0.4, 0.5) is 0 Å². The van der Waals surface area contributed by atoms with Crippen LogP contribution < -0.4 is 0 Å². The van der Waals surface area contributed by atoms with Crippen LogP contribution in [0.1, 0.15) is 56.1 Å². The van der Waals surface area contributed by atoms with Gasteiger partial charge in [-0.1, -0.05) is 62.9 Å². The van der Waals surface area contributed by atoms with Crippen LogP contribution in [0.3, 0.4) is 0 Å². The summed E-state index contributed by atoms with van der Waals surface area (Å²) < 4.78 is 2.32. The van der Waals surface area contributed by atoms with Gasteiger partial charge in [-0.25, -0.2) is 0 Å². The SMILES string of the molecule is CC(CC1CCCC1)c1ccn(Cc2ccccc2)c1. The summed E-state index contributed by atoms with van der Waals surface area (Å²) in [5, 5.41) is 0. The molecule has 1 aromatic carbocycles. The number of aromatic nitrogens is 1. The van der Waals surface area contributed by atoms with Gasteiger partial charge in [-0.05, 0) is 35.4 Å². The molecular formula is C19H25N. The summed E-state index contributed by atoms with van der Waals surface area (Å²) in [4.78, 5) is 0. The maximum Gasteiger partial charge on any atom is 0.0470 e. The van der Waals surface area contributed by atoms with Gasteiger partial charge in [-0.15, -0.1) is 0 Å². The normalized spacial score (nSPS) is 17.4. The van der Waals surface area contributed by atoms with Gasteiger partial charge >= 0.3 is 0 Å². The largest absolute Gasteiger partial charge is 0.350 e. The van der Waals surface area contributed by atoms with Gasteiger partial charge in [-0.3, -0.25) is 0 Å². The predicted molar refractivity (Wildman–Crippen MR) is 85.0 cm³/mol. The van der Waals surface area contributed by atoms with E-state index in [1.165, 1.54) is 43.2 Å². The molecule has 1 atom stereocenters. The fourth-order valence-corrected chi connectivity index (χ4v) is 3.53. The second kappa shape index (κ2) is 6.30. The Bertz CT molecular complexity index is 520. The fraction of sp³-hybridized carbons (Fsp3) is 0.474. The van der Waals surface area contributed by atoms with Crippen molar-refractivity contribution in [3.05, 3.63) is 59.9 Å². The Morgan fingerprint density at radius 3 is 2.60 bits per heavy atom. The smallest absolute Gasteiger partial charge is 0.0470 e. The highest BCUT2D eigenvalue weighted by molar-refractivity contribution is 5.19. The molecule has 20 heavy (non-hydrogen) atoms. The molecule has 1 aromatic heterocycles. The second-order valence-electron chi connectivity index (χ2n) is 6.39. The lowest BCUT2D eigenvalue weighted by Gasteiger charge is -2.15. The second-order valence-corrected chi connectivity index (χ2v) is 6.39. The molecular weight excluding hydrogens is 242 g/mol. The molecule has 106 valence electrons. The summed E-state index contributed by atoms with van der Waals surface area (Å²) >= 11 is 0. The maximum absolute atomic E-state index is 2.39. The monoisotopic (exact) mass is 267 g/mol. The van der Waals surface area contributed by atoms with Crippen LogP contribution in [0.5, 0.6) is 0 Å². The highest BCUT2D eigenvalue weighted by Crippen LogP contribution is 2.33. The quantitative estimate of drug-likeness (QED) is 0.700. The Kier molecular flexibility index (Phi) is 4.25. The molecule has 0 spiro atoms. The number of rotatable bonds is 5. The first-order chi connectivity index (χ1) is 9.81. The van der Waals surface area contributed by atoms with Gasteiger partial charge in [0.15, 0.2) is 0 Å². The molecule has 3 rings (SSSR count). The molecule has 1 aliphatic rings. The minimum absolute atomic E-state index is 0.704. The van der Waals surface area contributed by atoms with Crippen molar-refractivity contribution in [2.45, 2.75) is 51.5 Å². The summed E-state index contributed by atoms with van der Waals surface area (Å²) in [7, 11) is 0. The van der Waals surface area contributed by atoms with Crippen LogP contribution >= 0.6 is 0 Å². The first-order valence-corrected chi connectivity index (χ1v) is 8.01. The van der Waals surface area contributed by atoms with E-state index in [9.17, 15) is 0 Å². The third-order valence-electron chi connectivity index (χ3n) is 4.71. The summed E-state index contributed by atoms with van der Waals surface area (Å²) in [5.41, 5.74) is 2.88. The van der Waals surface area contributed by atoms with Gasteiger partial charge in [0.05, 0.1) is 0 Å². The Balaban J connectivity index is 1.61. The van der Waals surface area contributed by atoms with Crippen LogP contribution in [0.15, 0.2) is 48.8 Å². The Labute approximate surface area is 122 Å². The van der Waals surface area contributed by atoms with Crippen molar-refractivity contribution in [1.29, 1.82) is 0 Å². The first kappa shape index (κ1) is 13.5. The third-order valence-corrected chi connectivity index (χ3v) is 4.71. The molecule has 0 bridgehead atoms. The molecule has 0 amide bonds. The molecule has 0 saturated heterocycles. The van der Waals surface area contributed by atoms with E-state index in [1.54, 1.807) is 0 Å². The van der Waals surface area contributed by atoms with Crippen LogP contribution in [0, 0.1) is 5.92 Å². The van der Waals surface area contributed by atoms with Crippen molar-refractivity contribution in [3.8, 4) is 0 Å². The molecule has 1 unspecified atom stereocenters. The molecule has 0 radical (unpaired) electrons.